The molecular formula is C20H22N+. The van der Waals surface area contributed by atoms with Crippen LogP contribution in [0.4, 0.5) is 0 Å². The maximum absolute atomic E-state index is 2.30. The van der Waals surface area contributed by atoms with Crippen LogP contribution in [0.3, 0.4) is 0 Å². The van der Waals surface area contributed by atoms with Crippen molar-refractivity contribution in [3.8, 4) is 11.3 Å². The van der Waals surface area contributed by atoms with Gasteiger partial charge in [-0.2, -0.15) is 4.57 Å². The van der Waals surface area contributed by atoms with Gasteiger partial charge in [-0.3, -0.25) is 0 Å². The summed E-state index contributed by atoms with van der Waals surface area (Å²) in [4.78, 5) is 0. The van der Waals surface area contributed by atoms with E-state index in [-0.39, 0.29) is 0 Å². The molecule has 3 aromatic rings. The molecule has 1 nitrogen and oxygen atoms in total. The van der Waals surface area contributed by atoms with Gasteiger partial charge < -0.3 is 0 Å². The molecule has 3 rings (SSSR count). The third kappa shape index (κ3) is 2.33. The Hall–Kier alpha value is -2.15. The van der Waals surface area contributed by atoms with E-state index in [0.29, 0.717) is 0 Å². The van der Waals surface area contributed by atoms with E-state index in [9.17, 15) is 0 Å². The van der Waals surface area contributed by atoms with E-state index in [1.165, 1.54) is 44.4 Å². The predicted molar refractivity (Wildman–Crippen MR) is 89.5 cm³/mol. The number of rotatable bonds is 1. The lowest BCUT2D eigenvalue weighted by molar-refractivity contribution is -0.665. The summed E-state index contributed by atoms with van der Waals surface area (Å²) >= 11 is 0. The Balaban J connectivity index is 2.45. The van der Waals surface area contributed by atoms with Gasteiger partial charge in [0.1, 0.15) is 7.05 Å². The maximum atomic E-state index is 2.30. The van der Waals surface area contributed by atoms with E-state index in [1.807, 2.05) is 0 Å². The molecule has 0 N–H and O–H groups in total. The first-order valence-electron chi connectivity index (χ1n) is 7.45. The monoisotopic (exact) mass is 276 g/mol. The first-order valence-corrected chi connectivity index (χ1v) is 7.45. The Labute approximate surface area is 126 Å². The Morgan fingerprint density at radius 2 is 1.43 bits per heavy atom. The highest BCUT2D eigenvalue weighted by molar-refractivity contribution is 5.94. The van der Waals surface area contributed by atoms with E-state index in [1.54, 1.807) is 0 Å². The van der Waals surface area contributed by atoms with E-state index in [0.717, 1.165) is 0 Å². The van der Waals surface area contributed by atoms with Gasteiger partial charge in [0.2, 0.25) is 5.69 Å². The van der Waals surface area contributed by atoms with Crippen LogP contribution in [-0.4, -0.2) is 0 Å². The van der Waals surface area contributed by atoms with Crippen LogP contribution in [0.15, 0.2) is 42.5 Å². The normalized spacial score (nSPS) is 11.1. The van der Waals surface area contributed by atoms with E-state index in [2.05, 4.69) is 81.8 Å². The summed E-state index contributed by atoms with van der Waals surface area (Å²) in [6.45, 7) is 8.68. The fourth-order valence-corrected chi connectivity index (χ4v) is 3.01. The van der Waals surface area contributed by atoms with Gasteiger partial charge in [0.25, 0.3) is 0 Å². The molecule has 0 aliphatic heterocycles. The van der Waals surface area contributed by atoms with Crippen molar-refractivity contribution in [2.45, 2.75) is 27.7 Å². The van der Waals surface area contributed by atoms with Crippen molar-refractivity contribution in [2.24, 2.45) is 7.05 Å². The van der Waals surface area contributed by atoms with Gasteiger partial charge in [-0.25, -0.2) is 0 Å². The lowest BCUT2D eigenvalue weighted by Gasteiger charge is -2.11. The summed E-state index contributed by atoms with van der Waals surface area (Å²) in [6, 6.07) is 15.7. The molecule has 0 bridgehead atoms. The zero-order valence-corrected chi connectivity index (χ0v) is 13.5. The Bertz CT molecular complexity index is 844. The molecule has 2 aromatic carbocycles. The topological polar surface area (TPSA) is 3.88 Å². The van der Waals surface area contributed by atoms with Crippen LogP contribution < -0.4 is 4.57 Å². The second-order valence-electron chi connectivity index (χ2n) is 6.10. The number of pyridine rings is 1. The smallest absolute Gasteiger partial charge is 0.198 e. The van der Waals surface area contributed by atoms with Gasteiger partial charge in [-0.15, -0.1) is 0 Å². The minimum Gasteiger partial charge on any atom is -0.198 e. The van der Waals surface area contributed by atoms with Gasteiger partial charge >= 0.3 is 0 Å². The third-order valence-electron chi connectivity index (χ3n) is 4.34. The van der Waals surface area contributed by atoms with Crippen molar-refractivity contribution < 1.29 is 4.57 Å². The van der Waals surface area contributed by atoms with Crippen LogP contribution in [0.25, 0.3) is 22.0 Å². The second kappa shape index (κ2) is 5.00. The average molecular weight is 276 g/mol. The molecule has 1 heterocycles. The fraction of sp³-hybridized carbons (Fsp3) is 0.250. The molecule has 106 valence electrons. The molecule has 21 heavy (non-hydrogen) atoms. The van der Waals surface area contributed by atoms with Crippen molar-refractivity contribution in [1.82, 2.24) is 0 Å². The summed E-state index contributed by atoms with van der Waals surface area (Å²) in [6.07, 6.45) is 0. The van der Waals surface area contributed by atoms with Gasteiger partial charge in [-0.05, 0) is 43.9 Å². The first kappa shape index (κ1) is 13.8. The minimum atomic E-state index is 1.28. The maximum Gasteiger partial charge on any atom is 0.220 e. The molecular weight excluding hydrogens is 254 g/mol. The largest absolute Gasteiger partial charge is 0.220 e. The van der Waals surface area contributed by atoms with E-state index in [4.69, 9.17) is 0 Å². The average Bonchev–Trinajstić information content (AvgIpc) is 2.44. The Morgan fingerprint density at radius 1 is 0.762 bits per heavy atom. The summed E-state index contributed by atoms with van der Waals surface area (Å²) < 4.78 is 2.30. The molecule has 0 aliphatic rings. The van der Waals surface area contributed by atoms with Gasteiger partial charge in [0.05, 0.1) is 5.39 Å². The Morgan fingerprint density at radius 3 is 2.19 bits per heavy atom. The highest BCUT2D eigenvalue weighted by atomic mass is 14.9. The van der Waals surface area contributed by atoms with Crippen LogP contribution in [0, 0.1) is 27.7 Å². The summed E-state index contributed by atoms with van der Waals surface area (Å²) in [7, 11) is 2.16. The SMILES string of the molecule is Cc1ccc(C)c(-c2c3ccc(C)cc3cc(C)[n+]2C)c1. The molecule has 0 spiro atoms. The molecule has 0 unspecified atom stereocenters. The molecule has 0 atom stereocenters. The number of hydrogen-bond donors (Lipinski definition) is 0. The number of fused-ring (bicyclic) bond motifs is 1. The lowest BCUT2D eigenvalue weighted by Crippen LogP contribution is -2.35. The molecule has 0 radical (unpaired) electrons. The van der Waals surface area contributed by atoms with Crippen molar-refractivity contribution >= 4 is 10.8 Å². The number of benzene rings is 2. The number of hydrogen-bond acceptors (Lipinski definition) is 0. The van der Waals surface area contributed by atoms with Crippen molar-refractivity contribution in [2.75, 3.05) is 0 Å². The van der Waals surface area contributed by atoms with Crippen LogP contribution in [-0.2, 0) is 7.05 Å². The molecule has 1 heteroatoms. The van der Waals surface area contributed by atoms with Crippen LogP contribution in [0.1, 0.15) is 22.4 Å². The molecule has 0 saturated carbocycles. The van der Waals surface area contributed by atoms with Crippen molar-refractivity contribution in [1.29, 1.82) is 0 Å². The third-order valence-corrected chi connectivity index (χ3v) is 4.34. The highest BCUT2D eigenvalue weighted by Gasteiger charge is 2.19. The van der Waals surface area contributed by atoms with Crippen LogP contribution in [0.5, 0.6) is 0 Å². The zero-order chi connectivity index (χ0) is 15.1. The Kier molecular flexibility index (Phi) is 3.29. The lowest BCUT2D eigenvalue weighted by atomic mass is 9.96. The van der Waals surface area contributed by atoms with E-state index >= 15 is 0 Å². The number of nitrogens with zero attached hydrogens (tertiary/aromatic N) is 1. The molecule has 1 aromatic heterocycles. The van der Waals surface area contributed by atoms with Crippen molar-refractivity contribution in [3.05, 3.63) is 64.8 Å². The number of aromatic nitrogens is 1. The zero-order valence-electron chi connectivity index (χ0n) is 13.5. The predicted octanol–water partition coefficient (Wildman–Crippen LogP) is 4.56. The summed E-state index contributed by atoms with van der Waals surface area (Å²) in [5.41, 5.74) is 7.86. The molecule has 0 amide bonds. The van der Waals surface area contributed by atoms with Gasteiger partial charge in [-0.1, -0.05) is 35.4 Å². The van der Waals surface area contributed by atoms with Crippen molar-refractivity contribution in [3.63, 3.8) is 0 Å². The molecule has 0 aliphatic carbocycles. The minimum absolute atomic E-state index is 1.28. The molecule has 0 fully saturated rings. The number of aryl methyl sites for hydroxylation is 4. The quantitative estimate of drug-likeness (QED) is 0.573. The van der Waals surface area contributed by atoms with Crippen LogP contribution >= 0.6 is 0 Å². The first-order chi connectivity index (χ1) is 9.97. The second-order valence-corrected chi connectivity index (χ2v) is 6.10. The summed E-state index contributed by atoms with van der Waals surface area (Å²) in [5.74, 6) is 0. The molecule has 0 saturated heterocycles. The van der Waals surface area contributed by atoms with Gasteiger partial charge in [0.15, 0.2) is 5.69 Å². The van der Waals surface area contributed by atoms with E-state index < -0.39 is 0 Å². The standard InChI is InChI=1S/C20H22N/c1-13-7-9-18-17(10-13)12-16(4)21(5)20(18)19-11-14(2)6-8-15(19)3/h6-12H,1-5H3/q+1. The summed E-state index contributed by atoms with van der Waals surface area (Å²) in [5, 5.41) is 2.64. The highest BCUT2D eigenvalue weighted by Crippen LogP contribution is 2.29. The van der Waals surface area contributed by atoms with Crippen LogP contribution in [0.2, 0.25) is 0 Å². The fourth-order valence-electron chi connectivity index (χ4n) is 3.01. The van der Waals surface area contributed by atoms with Gasteiger partial charge in [0, 0.05) is 18.6 Å².